The van der Waals surface area contributed by atoms with E-state index in [1.807, 2.05) is 13.0 Å². The van der Waals surface area contributed by atoms with Gasteiger partial charge in [0, 0.05) is 11.6 Å². The third-order valence-corrected chi connectivity index (χ3v) is 4.74. The molecule has 0 aliphatic rings. The minimum Gasteiger partial charge on any atom is -0.360 e. The first-order valence-corrected chi connectivity index (χ1v) is 9.05. The van der Waals surface area contributed by atoms with Gasteiger partial charge in [-0.3, -0.25) is 0 Å². The summed E-state index contributed by atoms with van der Waals surface area (Å²) in [5, 5.41) is 6.75. The zero-order valence-corrected chi connectivity index (χ0v) is 14.6. The van der Waals surface area contributed by atoms with Gasteiger partial charge in [-0.1, -0.05) is 53.2 Å². The third kappa shape index (κ3) is 4.13. The fourth-order valence-electron chi connectivity index (χ4n) is 2.17. The molecule has 1 N–H and O–H groups in total. The molecule has 0 aliphatic heterocycles. The van der Waals surface area contributed by atoms with Crippen LogP contribution >= 0.6 is 0 Å². The number of aryl methyl sites for hydroxylation is 2. The van der Waals surface area contributed by atoms with Gasteiger partial charge in [0.1, 0.15) is 5.76 Å². The molecule has 128 valence electrons. The number of anilines is 1. The fraction of sp³-hybridized carbons (Fsp3) is 0.111. The van der Waals surface area contributed by atoms with Crippen LogP contribution in [0.5, 0.6) is 0 Å². The lowest BCUT2D eigenvalue weighted by atomic mass is 10.2. The second-order valence-electron chi connectivity index (χ2n) is 5.54. The molecule has 0 radical (unpaired) electrons. The van der Waals surface area contributed by atoms with Crippen molar-refractivity contribution in [3.8, 4) is 0 Å². The molecule has 1 aromatic heterocycles. The molecule has 0 saturated carbocycles. The SMILES string of the molecule is Cc1ccc(S(=O)(=O)/N=C(\Nc2cc(C)on2)c2ccccc2)cc1. The lowest BCUT2D eigenvalue weighted by Crippen LogP contribution is -2.16. The van der Waals surface area contributed by atoms with Gasteiger partial charge in [-0.2, -0.15) is 8.42 Å². The highest BCUT2D eigenvalue weighted by Crippen LogP contribution is 2.16. The summed E-state index contributed by atoms with van der Waals surface area (Å²) < 4.78 is 34.3. The topological polar surface area (TPSA) is 84.6 Å². The van der Waals surface area contributed by atoms with E-state index < -0.39 is 10.0 Å². The smallest absolute Gasteiger partial charge is 0.284 e. The first kappa shape index (κ1) is 16.9. The summed E-state index contributed by atoms with van der Waals surface area (Å²) in [5.74, 6) is 1.17. The minimum atomic E-state index is -3.87. The first-order chi connectivity index (χ1) is 11.9. The van der Waals surface area contributed by atoms with Gasteiger partial charge in [-0.25, -0.2) is 0 Å². The van der Waals surface area contributed by atoms with Crippen molar-refractivity contribution < 1.29 is 12.9 Å². The molecule has 1 heterocycles. The van der Waals surface area contributed by atoms with Crippen LogP contribution in [-0.2, 0) is 10.0 Å². The van der Waals surface area contributed by atoms with Crippen molar-refractivity contribution >= 4 is 21.7 Å². The predicted molar refractivity (Wildman–Crippen MR) is 96.2 cm³/mol. The van der Waals surface area contributed by atoms with Crippen molar-refractivity contribution in [1.82, 2.24) is 5.16 Å². The summed E-state index contributed by atoms with van der Waals surface area (Å²) in [6.07, 6.45) is 0. The third-order valence-electron chi connectivity index (χ3n) is 3.45. The highest BCUT2D eigenvalue weighted by atomic mass is 32.2. The summed E-state index contributed by atoms with van der Waals surface area (Å²) >= 11 is 0. The van der Waals surface area contributed by atoms with Crippen LogP contribution in [0.25, 0.3) is 0 Å². The molecule has 6 nitrogen and oxygen atoms in total. The summed E-state index contributed by atoms with van der Waals surface area (Å²) in [7, 11) is -3.87. The molecule has 3 rings (SSSR count). The van der Waals surface area contributed by atoms with Crippen molar-refractivity contribution in [2.75, 3.05) is 5.32 Å². The van der Waals surface area contributed by atoms with Crippen LogP contribution in [0.1, 0.15) is 16.9 Å². The number of nitrogens with one attached hydrogen (secondary N) is 1. The fourth-order valence-corrected chi connectivity index (χ4v) is 3.15. The Morgan fingerprint density at radius 2 is 1.72 bits per heavy atom. The maximum absolute atomic E-state index is 12.7. The van der Waals surface area contributed by atoms with E-state index >= 15 is 0 Å². The molecule has 0 spiro atoms. The van der Waals surface area contributed by atoms with Crippen molar-refractivity contribution in [2.24, 2.45) is 4.40 Å². The Kier molecular flexibility index (Phi) is 4.67. The van der Waals surface area contributed by atoms with Crippen LogP contribution in [0.15, 0.2) is 74.5 Å². The Bertz CT molecular complexity index is 992. The van der Waals surface area contributed by atoms with E-state index in [0.29, 0.717) is 17.1 Å². The summed E-state index contributed by atoms with van der Waals surface area (Å²) in [4.78, 5) is 0.129. The van der Waals surface area contributed by atoms with E-state index in [1.165, 1.54) is 12.1 Å². The molecular weight excluding hydrogens is 338 g/mol. The number of hydrogen-bond donors (Lipinski definition) is 1. The molecule has 0 atom stereocenters. The highest BCUT2D eigenvalue weighted by Gasteiger charge is 2.16. The average Bonchev–Trinajstić information content (AvgIpc) is 3.00. The summed E-state index contributed by atoms with van der Waals surface area (Å²) in [5.41, 5.74) is 1.60. The van der Waals surface area contributed by atoms with Gasteiger partial charge < -0.3 is 9.84 Å². The number of hydrogen-bond acceptors (Lipinski definition) is 4. The van der Waals surface area contributed by atoms with Crippen molar-refractivity contribution in [1.29, 1.82) is 0 Å². The van der Waals surface area contributed by atoms with Crippen LogP contribution in [0, 0.1) is 13.8 Å². The van der Waals surface area contributed by atoms with Crippen LogP contribution in [0.3, 0.4) is 0 Å². The summed E-state index contributed by atoms with van der Waals surface area (Å²) in [6.45, 7) is 3.64. The van der Waals surface area contributed by atoms with Gasteiger partial charge in [0.2, 0.25) is 0 Å². The van der Waals surface area contributed by atoms with E-state index in [4.69, 9.17) is 4.52 Å². The largest absolute Gasteiger partial charge is 0.360 e. The van der Waals surface area contributed by atoms with Crippen LogP contribution in [0.2, 0.25) is 0 Å². The molecule has 2 aromatic carbocycles. The maximum Gasteiger partial charge on any atom is 0.284 e. The maximum atomic E-state index is 12.7. The average molecular weight is 355 g/mol. The van der Waals surface area contributed by atoms with Crippen molar-refractivity contribution in [3.05, 3.63) is 77.6 Å². The zero-order valence-electron chi connectivity index (χ0n) is 13.8. The first-order valence-electron chi connectivity index (χ1n) is 7.61. The second-order valence-corrected chi connectivity index (χ2v) is 7.15. The Hall–Kier alpha value is -2.93. The number of aromatic nitrogens is 1. The van der Waals surface area contributed by atoms with Crippen molar-refractivity contribution in [2.45, 2.75) is 18.7 Å². The molecular formula is C18H17N3O3S. The molecule has 25 heavy (non-hydrogen) atoms. The number of amidine groups is 1. The van der Waals surface area contributed by atoms with Crippen molar-refractivity contribution in [3.63, 3.8) is 0 Å². The molecule has 0 bridgehead atoms. The Balaban J connectivity index is 2.03. The van der Waals surface area contributed by atoms with E-state index in [9.17, 15) is 8.42 Å². The van der Waals surface area contributed by atoms with E-state index in [1.54, 1.807) is 49.4 Å². The molecule has 0 amide bonds. The Morgan fingerprint density at radius 1 is 1.04 bits per heavy atom. The van der Waals surface area contributed by atoms with Gasteiger partial charge in [0.05, 0.1) is 4.90 Å². The number of rotatable bonds is 4. The quantitative estimate of drug-likeness (QED) is 0.571. The van der Waals surface area contributed by atoms with Gasteiger partial charge in [0.15, 0.2) is 11.7 Å². The van der Waals surface area contributed by atoms with Gasteiger partial charge >= 0.3 is 0 Å². The predicted octanol–water partition coefficient (Wildman–Crippen LogP) is 3.54. The highest BCUT2D eigenvalue weighted by molar-refractivity contribution is 7.90. The Morgan fingerprint density at radius 3 is 2.32 bits per heavy atom. The van der Waals surface area contributed by atoms with Gasteiger partial charge in [0.25, 0.3) is 10.0 Å². The van der Waals surface area contributed by atoms with Crippen LogP contribution < -0.4 is 5.32 Å². The van der Waals surface area contributed by atoms with E-state index in [-0.39, 0.29) is 10.7 Å². The van der Waals surface area contributed by atoms with Crippen LogP contribution in [0.4, 0.5) is 5.82 Å². The molecule has 0 unspecified atom stereocenters. The molecule has 0 fully saturated rings. The lowest BCUT2D eigenvalue weighted by molar-refractivity contribution is 0.400. The zero-order chi connectivity index (χ0) is 17.9. The molecule has 0 aliphatic carbocycles. The van der Waals surface area contributed by atoms with E-state index in [0.717, 1.165) is 5.56 Å². The van der Waals surface area contributed by atoms with E-state index in [2.05, 4.69) is 14.9 Å². The molecule has 7 heteroatoms. The normalized spacial score (nSPS) is 12.2. The molecule has 3 aromatic rings. The monoisotopic (exact) mass is 355 g/mol. The lowest BCUT2D eigenvalue weighted by Gasteiger charge is -2.08. The minimum absolute atomic E-state index is 0.129. The summed E-state index contributed by atoms with van der Waals surface area (Å²) in [6, 6.07) is 17.2. The molecule has 0 saturated heterocycles. The van der Waals surface area contributed by atoms with Crippen LogP contribution in [-0.4, -0.2) is 19.4 Å². The Labute approximate surface area is 146 Å². The second kappa shape index (κ2) is 6.90. The van der Waals surface area contributed by atoms with Gasteiger partial charge in [-0.05, 0) is 26.0 Å². The standard InChI is InChI=1S/C18H17N3O3S/c1-13-8-10-16(11-9-13)25(22,23)21-18(15-6-4-3-5-7-15)19-17-12-14(2)24-20-17/h3-12H,1-2H3,(H,19,20,21). The van der Waals surface area contributed by atoms with Gasteiger partial charge in [-0.15, -0.1) is 4.40 Å². The number of sulfonamides is 1. The number of benzene rings is 2. The number of nitrogens with zero attached hydrogens (tertiary/aromatic N) is 2.